The highest BCUT2D eigenvalue weighted by Crippen LogP contribution is 2.44. The Hall–Kier alpha value is -2.43. The number of benzene rings is 1. The zero-order chi connectivity index (χ0) is 18.2. The molecule has 1 aliphatic heterocycles. The third-order valence-electron chi connectivity index (χ3n) is 6.34. The lowest BCUT2D eigenvalue weighted by atomic mass is 9.69. The molecule has 2 fully saturated rings. The quantitative estimate of drug-likeness (QED) is 0.795. The Morgan fingerprint density at radius 1 is 1.12 bits per heavy atom. The van der Waals surface area contributed by atoms with Gasteiger partial charge in [0.15, 0.2) is 6.29 Å². The van der Waals surface area contributed by atoms with Crippen molar-refractivity contribution in [2.45, 2.75) is 44.6 Å². The smallest absolute Gasteiger partial charge is 0.228 e. The van der Waals surface area contributed by atoms with Gasteiger partial charge in [-0.25, -0.2) is 0 Å². The molecule has 1 saturated carbocycles. The van der Waals surface area contributed by atoms with E-state index in [2.05, 4.69) is 24.2 Å². The highest BCUT2D eigenvalue weighted by Gasteiger charge is 2.45. The molecule has 1 amide bonds. The molecule has 0 N–H and O–H groups in total. The Labute approximate surface area is 154 Å². The second-order valence-electron chi connectivity index (χ2n) is 7.94. The first-order chi connectivity index (χ1) is 12.6. The summed E-state index contributed by atoms with van der Waals surface area (Å²) in [5.41, 5.74) is 1.31. The third-order valence-corrected chi connectivity index (χ3v) is 6.34. The van der Waals surface area contributed by atoms with Crippen molar-refractivity contribution in [2.75, 3.05) is 13.1 Å². The summed E-state index contributed by atoms with van der Waals surface area (Å²) in [7, 11) is 0. The van der Waals surface area contributed by atoms with Crippen LogP contribution in [0.1, 0.15) is 54.9 Å². The largest absolute Gasteiger partial charge is 0.342 e. The Kier molecular flexibility index (Phi) is 4.17. The molecule has 0 unspecified atom stereocenters. The average molecular weight is 351 g/mol. The van der Waals surface area contributed by atoms with Crippen LogP contribution in [0.15, 0.2) is 42.7 Å². The first kappa shape index (κ1) is 17.0. The van der Waals surface area contributed by atoms with E-state index in [-0.39, 0.29) is 11.0 Å². The number of hydrogen-bond donors (Lipinski definition) is 0. The number of carbonyl (C=O) groups is 2. The van der Waals surface area contributed by atoms with Crippen LogP contribution in [0.25, 0.3) is 0 Å². The zero-order valence-electron chi connectivity index (χ0n) is 15.2. The van der Waals surface area contributed by atoms with Gasteiger partial charge in [-0.15, -0.1) is 0 Å². The molecule has 0 spiro atoms. The summed E-state index contributed by atoms with van der Waals surface area (Å²) in [5.74, 6) is 0.305. The summed E-state index contributed by atoms with van der Waals surface area (Å²) >= 11 is 0. The number of rotatable bonds is 4. The molecule has 2 aliphatic rings. The fourth-order valence-electron chi connectivity index (χ4n) is 4.41. The van der Waals surface area contributed by atoms with Gasteiger partial charge in [0.1, 0.15) is 0 Å². The van der Waals surface area contributed by atoms with Gasteiger partial charge in [0.05, 0.1) is 17.3 Å². The molecule has 2 heterocycles. The van der Waals surface area contributed by atoms with E-state index >= 15 is 0 Å². The molecule has 0 atom stereocenters. The average Bonchev–Trinajstić information content (AvgIpc) is 3.16. The van der Waals surface area contributed by atoms with E-state index in [1.54, 1.807) is 6.20 Å². The predicted molar refractivity (Wildman–Crippen MR) is 98.9 cm³/mol. The van der Waals surface area contributed by atoms with Gasteiger partial charge < -0.3 is 4.90 Å². The SMILES string of the molecule is CC1(C(=O)N2CCC(c3ccccc3)(n3cc(C=O)cn3)CC2)CCC1. The molecule has 1 aliphatic carbocycles. The highest BCUT2D eigenvalue weighted by molar-refractivity contribution is 5.83. The van der Waals surface area contributed by atoms with Crippen LogP contribution >= 0.6 is 0 Å². The summed E-state index contributed by atoms with van der Waals surface area (Å²) in [6, 6.07) is 10.3. The van der Waals surface area contributed by atoms with Crippen molar-refractivity contribution in [3.05, 3.63) is 53.9 Å². The van der Waals surface area contributed by atoms with E-state index in [1.807, 2.05) is 34.0 Å². The topological polar surface area (TPSA) is 55.2 Å². The summed E-state index contributed by atoms with van der Waals surface area (Å²) in [5, 5.41) is 4.49. The minimum atomic E-state index is -0.306. The summed E-state index contributed by atoms with van der Waals surface area (Å²) in [6.07, 6.45) is 9.05. The molecule has 4 rings (SSSR count). The number of hydrogen-bond acceptors (Lipinski definition) is 3. The normalized spacial score (nSPS) is 21.0. The number of carbonyl (C=O) groups excluding carboxylic acids is 2. The van der Waals surface area contributed by atoms with Gasteiger partial charge in [0.25, 0.3) is 0 Å². The van der Waals surface area contributed by atoms with E-state index < -0.39 is 0 Å². The van der Waals surface area contributed by atoms with Crippen molar-refractivity contribution in [3.8, 4) is 0 Å². The van der Waals surface area contributed by atoms with Crippen LogP contribution in [0.2, 0.25) is 0 Å². The Morgan fingerprint density at radius 3 is 2.35 bits per heavy atom. The van der Waals surface area contributed by atoms with E-state index in [0.717, 1.165) is 51.5 Å². The number of piperidine rings is 1. The predicted octanol–water partition coefficient (Wildman–Crippen LogP) is 3.25. The Bertz CT molecular complexity index is 800. The van der Waals surface area contributed by atoms with E-state index in [4.69, 9.17) is 0 Å². The second kappa shape index (κ2) is 6.38. The van der Waals surface area contributed by atoms with Crippen LogP contribution in [0.4, 0.5) is 0 Å². The van der Waals surface area contributed by atoms with E-state index in [9.17, 15) is 9.59 Å². The molecule has 2 aromatic rings. The number of aromatic nitrogens is 2. The van der Waals surface area contributed by atoms with Crippen molar-refractivity contribution in [1.29, 1.82) is 0 Å². The molecular weight excluding hydrogens is 326 g/mol. The van der Waals surface area contributed by atoms with Crippen molar-refractivity contribution in [3.63, 3.8) is 0 Å². The molecule has 0 bridgehead atoms. The van der Waals surface area contributed by atoms with Crippen LogP contribution in [-0.4, -0.2) is 40.0 Å². The van der Waals surface area contributed by atoms with Crippen LogP contribution in [0.3, 0.4) is 0 Å². The van der Waals surface area contributed by atoms with Crippen LogP contribution in [-0.2, 0) is 10.3 Å². The molecule has 136 valence electrons. The van der Waals surface area contributed by atoms with Crippen LogP contribution < -0.4 is 0 Å². The minimum Gasteiger partial charge on any atom is -0.342 e. The fourth-order valence-corrected chi connectivity index (χ4v) is 4.41. The van der Waals surface area contributed by atoms with Crippen LogP contribution in [0.5, 0.6) is 0 Å². The zero-order valence-corrected chi connectivity index (χ0v) is 15.2. The minimum absolute atomic E-state index is 0.150. The lowest BCUT2D eigenvalue weighted by Gasteiger charge is -2.46. The Morgan fingerprint density at radius 2 is 1.81 bits per heavy atom. The molecule has 1 aromatic carbocycles. The molecule has 1 saturated heterocycles. The number of amides is 1. The van der Waals surface area contributed by atoms with E-state index in [1.165, 1.54) is 5.56 Å². The number of aldehydes is 1. The van der Waals surface area contributed by atoms with Gasteiger partial charge in [-0.2, -0.15) is 5.10 Å². The van der Waals surface area contributed by atoms with Gasteiger partial charge in [0.2, 0.25) is 5.91 Å². The number of likely N-dealkylation sites (tertiary alicyclic amines) is 1. The molecule has 1 aromatic heterocycles. The molecule has 5 heteroatoms. The summed E-state index contributed by atoms with van der Waals surface area (Å²) < 4.78 is 1.93. The van der Waals surface area contributed by atoms with Gasteiger partial charge >= 0.3 is 0 Å². The lowest BCUT2D eigenvalue weighted by Crippen LogP contribution is -2.53. The maximum absolute atomic E-state index is 12.9. The highest BCUT2D eigenvalue weighted by atomic mass is 16.2. The van der Waals surface area contributed by atoms with Crippen molar-refractivity contribution in [1.82, 2.24) is 14.7 Å². The van der Waals surface area contributed by atoms with Gasteiger partial charge in [-0.05, 0) is 31.2 Å². The first-order valence-corrected chi connectivity index (χ1v) is 9.43. The van der Waals surface area contributed by atoms with Crippen molar-refractivity contribution >= 4 is 12.2 Å². The fraction of sp³-hybridized carbons (Fsp3) is 0.476. The molecular formula is C21H25N3O2. The van der Waals surface area contributed by atoms with Gasteiger partial charge in [-0.3, -0.25) is 14.3 Å². The summed E-state index contributed by atoms with van der Waals surface area (Å²) in [4.78, 5) is 26.1. The monoisotopic (exact) mass is 351 g/mol. The second-order valence-corrected chi connectivity index (χ2v) is 7.94. The maximum Gasteiger partial charge on any atom is 0.228 e. The standard InChI is InChI=1S/C21H25N3O2/c1-20(8-5-9-20)19(26)23-12-10-21(11-13-23,18-6-3-2-4-7-18)24-15-17(16-25)14-22-24/h2-4,6-7,14-16H,5,8-13H2,1H3. The Balaban J connectivity index is 1.62. The van der Waals surface area contributed by atoms with Gasteiger partial charge in [-0.1, -0.05) is 43.7 Å². The molecule has 5 nitrogen and oxygen atoms in total. The van der Waals surface area contributed by atoms with Crippen LogP contribution in [0, 0.1) is 5.41 Å². The lowest BCUT2D eigenvalue weighted by molar-refractivity contribution is -0.148. The molecule has 0 radical (unpaired) electrons. The number of nitrogens with zero attached hydrogens (tertiary/aromatic N) is 3. The van der Waals surface area contributed by atoms with Crippen molar-refractivity contribution < 1.29 is 9.59 Å². The summed E-state index contributed by atoms with van der Waals surface area (Å²) in [6.45, 7) is 3.54. The van der Waals surface area contributed by atoms with Crippen molar-refractivity contribution in [2.24, 2.45) is 5.41 Å². The van der Waals surface area contributed by atoms with Gasteiger partial charge in [0, 0.05) is 24.7 Å². The van der Waals surface area contributed by atoms with E-state index in [0.29, 0.717) is 11.5 Å². The molecule has 26 heavy (non-hydrogen) atoms. The third kappa shape index (κ3) is 2.66. The maximum atomic E-state index is 12.9. The first-order valence-electron chi connectivity index (χ1n) is 9.43.